The van der Waals surface area contributed by atoms with Crippen molar-refractivity contribution in [3.63, 3.8) is 0 Å². The molecule has 0 spiro atoms. The monoisotopic (exact) mass is 402 g/mol. The molecule has 0 aliphatic rings. The van der Waals surface area contributed by atoms with Gasteiger partial charge in [-0.15, -0.1) is 0 Å². The van der Waals surface area contributed by atoms with Crippen molar-refractivity contribution in [1.82, 2.24) is 0 Å². The Morgan fingerprint density at radius 3 is 2.30 bits per heavy atom. The number of carbonyl (C=O) groups is 1. The first-order valence-corrected chi connectivity index (χ1v) is 9.91. The second kappa shape index (κ2) is 9.79. The van der Waals surface area contributed by atoms with Crippen LogP contribution in [0.25, 0.3) is 11.1 Å². The number of aliphatic carboxylic acids is 1. The van der Waals surface area contributed by atoms with Crippen LogP contribution >= 0.6 is 0 Å². The first kappa shape index (κ1) is 21.2. The quantitative estimate of drug-likeness (QED) is 0.453. The van der Waals surface area contributed by atoms with Crippen LogP contribution in [0.15, 0.2) is 84.9 Å². The molecule has 1 N–H and O–H groups in total. The van der Waals surface area contributed by atoms with Crippen molar-refractivity contribution in [1.29, 1.82) is 0 Å². The maximum atomic E-state index is 11.2. The molecule has 0 unspecified atom stereocenters. The molecule has 30 heavy (non-hydrogen) atoms. The fraction of sp³-hybridized carbons (Fsp3) is 0.192. The van der Waals surface area contributed by atoms with E-state index in [9.17, 15) is 9.90 Å². The zero-order valence-corrected chi connectivity index (χ0v) is 17.3. The Morgan fingerprint density at radius 2 is 1.67 bits per heavy atom. The van der Waals surface area contributed by atoms with Gasteiger partial charge in [0.05, 0.1) is 6.10 Å². The van der Waals surface area contributed by atoms with Gasteiger partial charge < -0.3 is 14.6 Å². The van der Waals surface area contributed by atoms with E-state index in [1.807, 2.05) is 86.6 Å². The predicted octanol–water partition coefficient (Wildman–Crippen LogP) is 5.90. The van der Waals surface area contributed by atoms with Crippen LogP contribution in [0, 0.1) is 0 Å². The van der Waals surface area contributed by atoms with E-state index >= 15 is 0 Å². The average Bonchev–Trinajstić information content (AvgIpc) is 2.74. The molecule has 0 fully saturated rings. The van der Waals surface area contributed by atoms with Gasteiger partial charge in [0, 0.05) is 17.6 Å². The SMILES string of the molecule is C=C(Cc1cccc(-c2ccc(OCc3ccccc3)cc2)c1OC(C)C)C(=O)O. The van der Waals surface area contributed by atoms with Crippen molar-refractivity contribution < 1.29 is 19.4 Å². The average molecular weight is 402 g/mol. The number of hydrogen-bond donors (Lipinski definition) is 1. The van der Waals surface area contributed by atoms with Crippen LogP contribution in [0.4, 0.5) is 0 Å². The summed E-state index contributed by atoms with van der Waals surface area (Å²) in [5.74, 6) is 0.466. The molecule has 0 saturated heterocycles. The van der Waals surface area contributed by atoms with Crippen LogP contribution in [0.3, 0.4) is 0 Å². The summed E-state index contributed by atoms with van der Waals surface area (Å²) in [5, 5.41) is 9.21. The van der Waals surface area contributed by atoms with Crippen LogP contribution in [0.2, 0.25) is 0 Å². The summed E-state index contributed by atoms with van der Waals surface area (Å²) in [4.78, 5) is 11.2. The zero-order chi connectivity index (χ0) is 21.5. The highest BCUT2D eigenvalue weighted by Crippen LogP contribution is 2.36. The standard InChI is InChI=1S/C26H26O4/c1-18(2)30-25-22(16-19(3)26(27)28)10-7-11-24(25)21-12-14-23(15-13-21)29-17-20-8-5-4-6-9-20/h4-15,18H,3,16-17H2,1-2H3,(H,27,28). The third-order valence-corrected chi connectivity index (χ3v) is 4.57. The summed E-state index contributed by atoms with van der Waals surface area (Å²) in [7, 11) is 0. The predicted molar refractivity (Wildman–Crippen MR) is 119 cm³/mol. The van der Waals surface area contributed by atoms with E-state index in [0.29, 0.717) is 12.4 Å². The third-order valence-electron chi connectivity index (χ3n) is 4.57. The molecule has 0 aromatic heterocycles. The van der Waals surface area contributed by atoms with Crippen molar-refractivity contribution in [3.8, 4) is 22.6 Å². The van der Waals surface area contributed by atoms with E-state index < -0.39 is 5.97 Å². The summed E-state index contributed by atoms with van der Waals surface area (Å²) in [5.41, 5.74) is 3.93. The molecule has 4 heteroatoms. The van der Waals surface area contributed by atoms with Gasteiger partial charge in [-0.05, 0) is 42.7 Å². The van der Waals surface area contributed by atoms with Crippen LogP contribution in [-0.2, 0) is 17.8 Å². The van der Waals surface area contributed by atoms with Crippen LogP contribution in [0.5, 0.6) is 11.5 Å². The smallest absolute Gasteiger partial charge is 0.331 e. The minimum Gasteiger partial charge on any atom is -0.490 e. The largest absolute Gasteiger partial charge is 0.490 e. The highest BCUT2D eigenvalue weighted by molar-refractivity contribution is 5.86. The van der Waals surface area contributed by atoms with E-state index in [1.54, 1.807) is 0 Å². The Balaban J connectivity index is 1.84. The Morgan fingerprint density at radius 1 is 0.967 bits per heavy atom. The number of para-hydroxylation sites is 1. The summed E-state index contributed by atoms with van der Waals surface area (Å²) < 4.78 is 12.0. The van der Waals surface area contributed by atoms with Crippen molar-refractivity contribution in [3.05, 3.63) is 96.1 Å². The Bertz CT molecular complexity index is 1000. The molecule has 0 bridgehead atoms. The van der Waals surface area contributed by atoms with Gasteiger partial charge in [-0.2, -0.15) is 0 Å². The second-order valence-corrected chi connectivity index (χ2v) is 7.34. The Labute approximate surface area is 177 Å². The highest BCUT2D eigenvalue weighted by Gasteiger charge is 2.16. The molecule has 3 aromatic rings. The molecule has 0 saturated carbocycles. The number of carboxylic acid groups (broad SMARTS) is 1. The first-order valence-electron chi connectivity index (χ1n) is 9.91. The number of ether oxygens (including phenoxy) is 2. The van der Waals surface area contributed by atoms with E-state index in [0.717, 1.165) is 28.0 Å². The molecular formula is C26H26O4. The molecule has 0 atom stereocenters. The van der Waals surface area contributed by atoms with Gasteiger partial charge in [0.1, 0.15) is 18.1 Å². The topological polar surface area (TPSA) is 55.8 Å². The van der Waals surface area contributed by atoms with Gasteiger partial charge >= 0.3 is 5.97 Å². The third kappa shape index (κ3) is 5.51. The van der Waals surface area contributed by atoms with Gasteiger partial charge in [-0.3, -0.25) is 0 Å². The molecule has 3 rings (SSSR count). The maximum Gasteiger partial charge on any atom is 0.331 e. The molecule has 0 aliphatic carbocycles. The molecule has 154 valence electrons. The molecular weight excluding hydrogens is 376 g/mol. The summed E-state index contributed by atoms with van der Waals surface area (Å²) in [6.07, 6.45) is 0.181. The van der Waals surface area contributed by atoms with E-state index in [4.69, 9.17) is 9.47 Å². The Kier molecular flexibility index (Phi) is 6.91. The summed E-state index contributed by atoms with van der Waals surface area (Å²) in [6, 6.07) is 23.6. The summed E-state index contributed by atoms with van der Waals surface area (Å²) >= 11 is 0. The van der Waals surface area contributed by atoms with Gasteiger partial charge in [0.2, 0.25) is 0 Å². The van der Waals surface area contributed by atoms with Crippen LogP contribution in [-0.4, -0.2) is 17.2 Å². The highest BCUT2D eigenvalue weighted by atomic mass is 16.5. The van der Waals surface area contributed by atoms with Gasteiger partial charge in [-0.1, -0.05) is 67.2 Å². The zero-order valence-electron chi connectivity index (χ0n) is 17.3. The lowest BCUT2D eigenvalue weighted by Crippen LogP contribution is -2.10. The van der Waals surface area contributed by atoms with Crippen LogP contribution < -0.4 is 9.47 Å². The lowest BCUT2D eigenvalue weighted by molar-refractivity contribution is -0.132. The van der Waals surface area contributed by atoms with E-state index in [2.05, 4.69) is 6.58 Å². The van der Waals surface area contributed by atoms with Crippen molar-refractivity contribution in [2.75, 3.05) is 0 Å². The molecule has 0 heterocycles. The molecule has 0 aliphatic heterocycles. The van der Waals surface area contributed by atoms with Crippen LogP contribution in [0.1, 0.15) is 25.0 Å². The first-order chi connectivity index (χ1) is 14.4. The van der Waals surface area contributed by atoms with Gasteiger partial charge in [0.15, 0.2) is 0 Å². The van der Waals surface area contributed by atoms with Crippen molar-refractivity contribution >= 4 is 5.97 Å². The minimum atomic E-state index is -1.00. The second-order valence-electron chi connectivity index (χ2n) is 7.34. The van der Waals surface area contributed by atoms with E-state index in [-0.39, 0.29) is 18.1 Å². The van der Waals surface area contributed by atoms with Gasteiger partial charge in [-0.25, -0.2) is 4.79 Å². The Hall–Kier alpha value is -3.53. The number of hydrogen-bond acceptors (Lipinski definition) is 3. The number of rotatable bonds is 9. The van der Waals surface area contributed by atoms with Gasteiger partial charge in [0.25, 0.3) is 0 Å². The lowest BCUT2D eigenvalue weighted by atomic mass is 9.97. The fourth-order valence-electron chi connectivity index (χ4n) is 3.10. The number of benzene rings is 3. The lowest BCUT2D eigenvalue weighted by Gasteiger charge is -2.19. The van der Waals surface area contributed by atoms with Crippen molar-refractivity contribution in [2.24, 2.45) is 0 Å². The normalized spacial score (nSPS) is 10.6. The molecule has 0 amide bonds. The molecule has 3 aromatic carbocycles. The van der Waals surface area contributed by atoms with Crippen molar-refractivity contribution in [2.45, 2.75) is 33.0 Å². The minimum absolute atomic E-state index is 0.0449. The summed E-state index contributed by atoms with van der Waals surface area (Å²) in [6.45, 7) is 8.07. The maximum absolute atomic E-state index is 11.2. The fourth-order valence-corrected chi connectivity index (χ4v) is 3.10. The molecule has 0 radical (unpaired) electrons. The van der Waals surface area contributed by atoms with E-state index in [1.165, 1.54) is 0 Å². The number of carboxylic acids is 1. The molecule has 4 nitrogen and oxygen atoms in total.